The van der Waals surface area contributed by atoms with Crippen molar-refractivity contribution in [3.63, 3.8) is 0 Å². The van der Waals surface area contributed by atoms with E-state index in [1.165, 1.54) is 35.4 Å². The lowest BCUT2D eigenvalue weighted by molar-refractivity contribution is 0.0162. The number of ether oxygens (including phenoxy) is 1. The zero-order chi connectivity index (χ0) is 18.4. The summed E-state index contributed by atoms with van der Waals surface area (Å²) in [5.74, 6) is -0.530. The Labute approximate surface area is 154 Å². The molecule has 0 spiro atoms. The molecule has 2 aromatic carbocycles. The minimum absolute atomic E-state index is 0.0919. The summed E-state index contributed by atoms with van der Waals surface area (Å²) in [5, 5.41) is 3.00. The number of hydrogen-bond acceptors (Lipinski definition) is 3. The van der Waals surface area contributed by atoms with Crippen LogP contribution in [-0.4, -0.2) is 43.7 Å². The predicted octanol–water partition coefficient (Wildman–Crippen LogP) is 3.19. The van der Waals surface area contributed by atoms with Crippen LogP contribution in [0.1, 0.15) is 34.5 Å². The van der Waals surface area contributed by atoms with Crippen molar-refractivity contribution in [1.82, 2.24) is 10.2 Å². The summed E-state index contributed by atoms with van der Waals surface area (Å²) in [7, 11) is 0. The quantitative estimate of drug-likeness (QED) is 0.864. The first-order valence-electron chi connectivity index (χ1n) is 9.11. The number of carbonyl (C=O) groups is 1. The van der Waals surface area contributed by atoms with Crippen LogP contribution in [-0.2, 0) is 11.2 Å². The molecule has 26 heavy (non-hydrogen) atoms. The average molecular weight is 356 g/mol. The van der Waals surface area contributed by atoms with E-state index in [4.69, 9.17) is 4.74 Å². The van der Waals surface area contributed by atoms with Gasteiger partial charge in [-0.1, -0.05) is 31.2 Å². The highest BCUT2D eigenvalue weighted by Gasteiger charge is 2.23. The van der Waals surface area contributed by atoms with Crippen LogP contribution >= 0.6 is 0 Å². The molecule has 0 radical (unpaired) electrons. The molecule has 1 fully saturated rings. The second-order valence-electron chi connectivity index (χ2n) is 6.48. The van der Waals surface area contributed by atoms with Gasteiger partial charge in [-0.25, -0.2) is 4.39 Å². The molecule has 0 bridgehead atoms. The number of hydrogen-bond donors (Lipinski definition) is 1. The Morgan fingerprint density at radius 2 is 1.77 bits per heavy atom. The molecule has 5 heteroatoms. The van der Waals surface area contributed by atoms with Crippen molar-refractivity contribution in [2.24, 2.45) is 0 Å². The molecule has 0 aromatic heterocycles. The van der Waals surface area contributed by atoms with Gasteiger partial charge in [0, 0.05) is 25.2 Å². The van der Waals surface area contributed by atoms with Gasteiger partial charge in [0.15, 0.2) is 0 Å². The molecule has 2 aromatic rings. The van der Waals surface area contributed by atoms with E-state index in [1.807, 2.05) is 0 Å². The van der Waals surface area contributed by atoms with Crippen molar-refractivity contribution < 1.29 is 13.9 Å². The Bertz CT molecular complexity index is 710. The van der Waals surface area contributed by atoms with Gasteiger partial charge in [-0.15, -0.1) is 0 Å². The molecule has 0 aliphatic carbocycles. The van der Waals surface area contributed by atoms with Crippen LogP contribution in [0.2, 0.25) is 0 Å². The summed E-state index contributed by atoms with van der Waals surface area (Å²) in [5.41, 5.74) is 2.95. The molecule has 1 amide bonds. The summed E-state index contributed by atoms with van der Waals surface area (Å²) in [6.45, 7) is 5.73. The van der Waals surface area contributed by atoms with Crippen molar-refractivity contribution in [3.05, 3.63) is 71.0 Å². The molecule has 1 atom stereocenters. The summed E-state index contributed by atoms with van der Waals surface area (Å²) >= 11 is 0. The van der Waals surface area contributed by atoms with Crippen LogP contribution in [0.5, 0.6) is 0 Å². The third-order valence-corrected chi connectivity index (χ3v) is 4.82. The number of nitrogens with zero attached hydrogens (tertiary/aromatic N) is 1. The lowest BCUT2D eigenvalue weighted by atomic mass is 10.0. The molecule has 3 rings (SSSR count). The third-order valence-electron chi connectivity index (χ3n) is 4.82. The zero-order valence-corrected chi connectivity index (χ0v) is 15.1. The van der Waals surface area contributed by atoms with Crippen molar-refractivity contribution >= 4 is 5.91 Å². The second-order valence-corrected chi connectivity index (χ2v) is 6.48. The van der Waals surface area contributed by atoms with Gasteiger partial charge in [-0.05, 0) is 41.8 Å². The number of benzene rings is 2. The van der Waals surface area contributed by atoms with Crippen LogP contribution in [0, 0.1) is 5.82 Å². The third kappa shape index (κ3) is 4.68. The minimum atomic E-state index is -0.344. The summed E-state index contributed by atoms with van der Waals surface area (Å²) < 4.78 is 18.5. The van der Waals surface area contributed by atoms with E-state index in [1.54, 1.807) is 0 Å². The highest BCUT2D eigenvalue weighted by Crippen LogP contribution is 2.22. The van der Waals surface area contributed by atoms with Crippen molar-refractivity contribution in [2.45, 2.75) is 19.4 Å². The first-order valence-corrected chi connectivity index (χ1v) is 9.11. The minimum Gasteiger partial charge on any atom is -0.379 e. The smallest absolute Gasteiger partial charge is 0.251 e. The zero-order valence-electron chi connectivity index (χ0n) is 15.1. The van der Waals surface area contributed by atoms with E-state index in [0.717, 1.165) is 19.5 Å². The van der Waals surface area contributed by atoms with Crippen LogP contribution in [0.4, 0.5) is 4.39 Å². The maximum atomic E-state index is 13.0. The first-order chi connectivity index (χ1) is 12.7. The fourth-order valence-corrected chi connectivity index (χ4v) is 3.22. The van der Waals surface area contributed by atoms with E-state index in [9.17, 15) is 9.18 Å². The average Bonchev–Trinajstić information content (AvgIpc) is 2.70. The van der Waals surface area contributed by atoms with E-state index >= 15 is 0 Å². The monoisotopic (exact) mass is 356 g/mol. The maximum absolute atomic E-state index is 13.0. The number of rotatable bonds is 6. The van der Waals surface area contributed by atoms with Gasteiger partial charge in [0.05, 0.1) is 19.3 Å². The number of nitrogens with one attached hydrogen (secondary N) is 1. The Balaban J connectivity index is 1.72. The van der Waals surface area contributed by atoms with E-state index in [2.05, 4.69) is 41.4 Å². The fraction of sp³-hybridized carbons (Fsp3) is 0.381. The van der Waals surface area contributed by atoms with Crippen molar-refractivity contribution in [1.29, 1.82) is 0 Å². The summed E-state index contributed by atoms with van der Waals surface area (Å²) in [4.78, 5) is 14.7. The first kappa shape index (κ1) is 18.5. The Hall–Kier alpha value is -2.24. The van der Waals surface area contributed by atoms with Crippen LogP contribution < -0.4 is 5.32 Å². The standard InChI is InChI=1S/C21H25FN2O2/c1-2-16-3-5-17(6-4-16)20(24-11-13-26-14-12-24)15-23-21(25)18-7-9-19(22)10-8-18/h3-10,20H,2,11-15H2,1H3,(H,23,25). The lowest BCUT2D eigenvalue weighted by Crippen LogP contribution is -2.43. The highest BCUT2D eigenvalue weighted by molar-refractivity contribution is 5.94. The predicted molar refractivity (Wildman–Crippen MR) is 99.7 cm³/mol. The molecule has 1 heterocycles. The molecular weight excluding hydrogens is 331 g/mol. The van der Waals surface area contributed by atoms with E-state index in [0.29, 0.717) is 25.3 Å². The van der Waals surface area contributed by atoms with Gasteiger partial charge in [-0.2, -0.15) is 0 Å². The Kier molecular flexibility index (Phi) is 6.36. The molecule has 0 saturated carbocycles. The second kappa shape index (κ2) is 8.92. The van der Waals surface area contributed by atoms with Crippen molar-refractivity contribution in [3.8, 4) is 0 Å². The molecule has 1 aliphatic rings. The van der Waals surface area contributed by atoms with Gasteiger partial charge >= 0.3 is 0 Å². The van der Waals surface area contributed by atoms with Gasteiger partial charge in [0.25, 0.3) is 5.91 Å². The summed E-state index contributed by atoms with van der Waals surface area (Å²) in [6, 6.07) is 14.3. The largest absolute Gasteiger partial charge is 0.379 e. The Morgan fingerprint density at radius 1 is 1.12 bits per heavy atom. The molecule has 1 N–H and O–H groups in total. The van der Waals surface area contributed by atoms with Crippen LogP contribution in [0.15, 0.2) is 48.5 Å². The normalized spacial score (nSPS) is 16.2. The molecule has 1 unspecified atom stereocenters. The molecule has 4 nitrogen and oxygen atoms in total. The van der Waals surface area contributed by atoms with Gasteiger partial charge in [-0.3, -0.25) is 9.69 Å². The number of amides is 1. The van der Waals surface area contributed by atoms with Gasteiger partial charge < -0.3 is 10.1 Å². The van der Waals surface area contributed by atoms with E-state index in [-0.39, 0.29) is 17.8 Å². The SMILES string of the molecule is CCc1ccc(C(CNC(=O)c2ccc(F)cc2)N2CCOCC2)cc1. The topological polar surface area (TPSA) is 41.6 Å². The maximum Gasteiger partial charge on any atom is 0.251 e. The molecule has 1 saturated heterocycles. The van der Waals surface area contributed by atoms with E-state index < -0.39 is 0 Å². The number of carbonyl (C=O) groups excluding carboxylic acids is 1. The van der Waals surface area contributed by atoms with Gasteiger partial charge in [0.1, 0.15) is 5.82 Å². The summed E-state index contributed by atoms with van der Waals surface area (Å²) in [6.07, 6.45) is 1.00. The molecule has 138 valence electrons. The van der Waals surface area contributed by atoms with Crippen LogP contribution in [0.3, 0.4) is 0 Å². The van der Waals surface area contributed by atoms with Gasteiger partial charge in [0.2, 0.25) is 0 Å². The number of aryl methyl sites for hydroxylation is 1. The number of morpholine rings is 1. The lowest BCUT2D eigenvalue weighted by Gasteiger charge is -2.35. The fourth-order valence-electron chi connectivity index (χ4n) is 3.22. The van der Waals surface area contributed by atoms with Crippen molar-refractivity contribution in [2.75, 3.05) is 32.8 Å². The molecular formula is C21H25FN2O2. The molecule has 1 aliphatic heterocycles. The number of halogens is 1. The highest BCUT2D eigenvalue weighted by atomic mass is 19.1. The van der Waals surface area contributed by atoms with Crippen LogP contribution in [0.25, 0.3) is 0 Å². The Morgan fingerprint density at radius 3 is 2.38 bits per heavy atom.